The summed E-state index contributed by atoms with van der Waals surface area (Å²) in [5.74, 6) is -1.92. The molecule has 1 aromatic carbocycles. The summed E-state index contributed by atoms with van der Waals surface area (Å²) < 4.78 is 0. The lowest BCUT2D eigenvalue weighted by atomic mass is 9.95. The SMILES string of the molecule is Cc1cc(O)cc(C)c1C[C@H](NC(=O)[C@H](N)CCCN=C(N)N)C(=O)N[C@@H](CCCCN)C(=O)N[C@@H](CCCC(C)C)C(N)=O. The van der Waals surface area contributed by atoms with Gasteiger partial charge in [-0.15, -0.1) is 0 Å². The topological polar surface area (TPSA) is 267 Å². The summed E-state index contributed by atoms with van der Waals surface area (Å²) in [5, 5.41) is 18.2. The molecule has 0 heterocycles. The van der Waals surface area contributed by atoms with Crippen molar-refractivity contribution in [1.29, 1.82) is 0 Å². The molecule has 1 rings (SSSR count). The molecule has 0 aromatic heterocycles. The first-order chi connectivity index (χ1) is 21.2. The highest BCUT2D eigenvalue weighted by atomic mass is 16.3. The van der Waals surface area contributed by atoms with E-state index in [0.29, 0.717) is 51.1 Å². The summed E-state index contributed by atoms with van der Waals surface area (Å²) in [6.07, 6.45) is 4.14. The zero-order valence-electron chi connectivity index (χ0n) is 27.2. The number of aromatic hydroxyl groups is 1. The van der Waals surface area contributed by atoms with Crippen molar-refractivity contribution in [2.45, 2.75) is 110 Å². The van der Waals surface area contributed by atoms with Gasteiger partial charge in [0.25, 0.3) is 0 Å². The van der Waals surface area contributed by atoms with E-state index < -0.39 is 47.8 Å². The summed E-state index contributed by atoms with van der Waals surface area (Å²) in [7, 11) is 0. The van der Waals surface area contributed by atoms with E-state index in [0.717, 1.165) is 23.1 Å². The number of benzene rings is 1. The second-order valence-corrected chi connectivity index (χ2v) is 12.0. The van der Waals surface area contributed by atoms with Gasteiger partial charge in [0.1, 0.15) is 23.9 Å². The fourth-order valence-corrected chi connectivity index (χ4v) is 4.96. The Bertz CT molecular complexity index is 1130. The maximum absolute atomic E-state index is 13.8. The third-order valence-electron chi connectivity index (χ3n) is 7.54. The molecular weight excluding hydrogens is 578 g/mol. The third-order valence-corrected chi connectivity index (χ3v) is 7.54. The van der Waals surface area contributed by atoms with Gasteiger partial charge < -0.3 is 49.7 Å². The molecule has 14 heteroatoms. The zero-order valence-corrected chi connectivity index (χ0v) is 27.2. The number of hydrogen-bond donors (Lipinski definition) is 9. The second kappa shape index (κ2) is 20.2. The van der Waals surface area contributed by atoms with Crippen molar-refractivity contribution in [2.75, 3.05) is 13.1 Å². The van der Waals surface area contributed by atoms with Crippen LogP contribution in [0.1, 0.15) is 81.9 Å². The number of unbranched alkanes of at least 4 members (excludes halogenated alkanes) is 1. The second-order valence-electron chi connectivity index (χ2n) is 12.0. The van der Waals surface area contributed by atoms with E-state index >= 15 is 0 Å². The molecular formula is C31H55N9O5. The predicted octanol–water partition coefficient (Wildman–Crippen LogP) is -0.173. The van der Waals surface area contributed by atoms with Crippen LogP contribution in [0.3, 0.4) is 0 Å². The fourth-order valence-electron chi connectivity index (χ4n) is 4.96. The lowest BCUT2D eigenvalue weighted by Crippen LogP contribution is -2.58. The molecule has 45 heavy (non-hydrogen) atoms. The van der Waals surface area contributed by atoms with Gasteiger partial charge in [-0.25, -0.2) is 0 Å². The van der Waals surface area contributed by atoms with Crippen LogP contribution in [0, 0.1) is 19.8 Å². The van der Waals surface area contributed by atoms with Gasteiger partial charge in [0.2, 0.25) is 23.6 Å². The number of aliphatic imine (C=N–C) groups is 1. The van der Waals surface area contributed by atoms with E-state index in [2.05, 4.69) is 34.8 Å². The largest absolute Gasteiger partial charge is 0.508 e. The molecule has 4 amide bonds. The number of carbonyl (C=O) groups is 4. The van der Waals surface area contributed by atoms with E-state index in [1.165, 1.54) is 0 Å². The molecule has 0 saturated heterocycles. The van der Waals surface area contributed by atoms with Crippen LogP contribution < -0.4 is 44.6 Å². The molecule has 0 fully saturated rings. The van der Waals surface area contributed by atoms with Crippen LogP contribution in [0.2, 0.25) is 0 Å². The average molecular weight is 634 g/mol. The molecule has 0 unspecified atom stereocenters. The lowest BCUT2D eigenvalue weighted by Gasteiger charge is -2.26. The normalized spacial score (nSPS) is 13.8. The number of rotatable bonds is 21. The number of nitrogens with two attached hydrogens (primary N) is 5. The molecule has 0 aliphatic carbocycles. The Morgan fingerprint density at radius 2 is 1.33 bits per heavy atom. The summed E-state index contributed by atoms with van der Waals surface area (Å²) in [5.41, 5.74) is 30.3. The minimum absolute atomic E-state index is 0.0628. The Hall–Kier alpha value is -3.91. The zero-order chi connectivity index (χ0) is 34.1. The fraction of sp³-hybridized carbons (Fsp3) is 0.645. The Labute approximate surface area is 266 Å². The molecule has 0 saturated carbocycles. The molecule has 254 valence electrons. The molecule has 0 aliphatic rings. The van der Waals surface area contributed by atoms with E-state index in [9.17, 15) is 24.3 Å². The number of amides is 4. The number of hydrogen-bond acceptors (Lipinski definition) is 8. The highest BCUT2D eigenvalue weighted by molar-refractivity contribution is 5.94. The quantitative estimate of drug-likeness (QED) is 0.0493. The Morgan fingerprint density at radius 1 is 0.778 bits per heavy atom. The van der Waals surface area contributed by atoms with Crippen molar-refractivity contribution < 1.29 is 24.3 Å². The van der Waals surface area contributed by atoms with Crippen molar-refractivity contribution in [2.24, 2.45) is 39.6 Å². The molecule has 14 N–H and O–H groups in total. The van der Waals surface area contributed by atoms with Gasteiger partial charge in [0.15, 0.2) is 5.96 Å². The highest BCUT2D eigenvalue weighted by Gasteiger charge is 2.30. The van der Waals surface area contributed by atoms with Gasteiger partial charge >= 0.3 is 0 Å². The minimum Gasteiger partial charge on any atom is -0.508 e. The third kappa shape index (κ3) is 15.1. The van der Waals surface area contributed by atoms with Gasteiger partial charge in [0, 0.05) is 13.0 Å². The summed E-state index contributed by atoms with van der Waals surface area (Å²) in [6.45, 7) is 8.41. The average Bonchev–Trinajstić information content (AvgIpc) is 2.94. The predicted molar refractivity (Wildman–Crippen MR) is 176 cm³/mol. The maximum atomic E-state index is 13.8. The number of nitrogens with zero attached hydrogens (tertiary/aromatic N) is 1. The summed E-state index contributed by atoms with van der Waals surface area (Å²) >= 11 is 0. The van der Waals surface area contributed by atoms with Crippen LogP contribution in [0.4, 0.5) is 0 Å². The maximum Gasteiger partial charge on any atom is 0.243 e. The number of nitrogens with one attached hydrogen (secondary N) is 3. The van der Waals surface area contributed by atoms with Gasteiger partial charge in [0.05, 0.1) is 6.04 Å². The molecule has 1 aromatic rings. The van der Waals surface area contributed by atoms with Crippen molar-refractivity contribution in [1.82, 2.24) is 16.0 Å². The smallest absolute Gasteiger partial charge is 0.243 e. The number of phenols is 1. The Morgan fingerprint density at radius 3 is 1.89 bits per heavy atom. The first-order valence-corrected chi connectivity index (χ1v) is 15.7. The molecule has 0 spiro atoms. The van der Waals surface area contributed by atoms with Crippen molar-refractivity contribution in [3.05, 3.63) is 28.8 Å². The molecule has 0 bridgehead atoms. The minimum atomic E-state index is -1.11. The number of phenolic OH excluding ortho intramolecular Hbond substituents is 1. The van der Waals surface area contributed by atoms with Gasteiger partial charge in [-0.1, -0.05) is 26.7 Å². The van der Waals surface area contributed by atoms with Crippen LogP contribution in [0.25, 0.3) is 0 Å². The highest BCUT2D eigenvalue weighted by Crippen LogP contribution is 2.22. The first kappa shape index (κ1) is 39.1. The first-order valence-electron chi connectivity index (χ1n) is 15.7. The molecule has 14 nitrogen and oxygen atoms in total. The van der Waals surface area contributed by atoms with Crippen molar-refractivity contribution >= 4 is 29.6 Å². The number of guanidine groups is 1. The van der Waals surface area contributed by atoms with Gasteiger partial charge in [-0.2, -0.15) is 0 Å². The van der Waals surface area contributed by atoms with E-state index in [4.69, 9.17) is 28.7 Å². The Balaban J connectivity index is 3.23. The number of aryl methyl sites for hydroxylation is 2. The van der Waals surface area contributed by atoms with E-state index in [-0.39, 0.29) is 31.0 Å². The van der Waals surface area contributed by atoms with Crippen molar-refractivity contribution in [3.8, 4) is 5.75 Å². The van der Waals surface area contributed by atoms with Gasteiger partial charge in [-0.3, -0.25) is 24.2 Å². The standard InChI is InChI=1S/C31H55N9O5/c1-18(2)9-7-12-24(27(34)42)38-29(44)25(11-5-6-13-32)39-30(45)26(17-22-19(3)15-21(41)16-20(22)4)40-28(43)23(33)10-8-14-37-31(35)36/h15-16,18,23-26,41H,5-14,17,32-33H2,1-4H3,(H2,34,42)(H,38,44)(H,39,45)(H,40,43)(H4,35,36,37)/t23-,24+,25+,26+/m1/s1. The van der Waals surface area contributed by atoms with Crippen LogP contribution >= 0.6 is 0 Å². The molecule has 0 radical (unpaired) electrons. The Kier molecular flexibility index (Phi) is 17.5. The van der Waals surface area contributed by atoms with Gasteiger partial charge in [-0.05, 0) is 93.7 Å². The van der Waals surface area contributed by atoms with Crippen LogP contribution in [0.15, 0.2) is 17.1 Å². The molecule has 4 atom stereocenters. The van der Waals surface area contributed by atoms with E-state index in [1.54, 1.807) is 26.0 Å². The van der Waals surface area contributed by atoms with Crippen molar-refractivity contribution in [3.63, 3.8) is 0 Å². The number of primary amides is 1. The van der Waals surface area contributed by atoms with Crippen LogP contribution in [-0.2, 0) is 25.6 Å². The van der Waals surface area contributed by atoms with Crippen LogP contribution in [0.5, 0.6) is 5.75 Å². The summed E-state index contributed by atoms with van der Waals surface area (Å²) in [4.78, 5) is 56.3. The van der Waals surface area contributed by atoms with E-state index in [1.807, 2.05) is 0 Å². The molecule has 0 aliphatic heterocycles. The number of carbonyl (C=O) groups excluding carboxylic acids is 4. The van der Waals surface area contributed by atoms with Crippen LogP contribution in [-0.4, -0.2) is 72.0 Å². The monoisotopic (exact) mass is 633 g/mol. The lowest BCUT2D eigenvalue weighted by molar-refractivity contribution is -0.133. The summed E-state index contributed by atoms with van der Waals surface area (Å²) in [6, 6.07) is -0.805.